The molecule has 2 amide bonds. The summed E-state index contributed by atoms with van der Waals surface area (Å²) in [6.07, 6.45) is 2.89. The van der Waals surface area contributed by atoms with Crippen molar-refractivity contribution < 1.29 is 14.3 Å². The van der Waals surface area contributed by atoms with Crippen molar-refractivity contribution in [3.05, 3.63) is 102 Å². The molecule has 196 valence electrons. The largest absolute Gasteiger partial charge is 0.493 e. The van der Waals surface area contributed by atoms with Gasteiger partial charge in [0.15, 0.2) is 0 Å². The summed E-state index contributed by atoms with van der Waals surface area (Å²) in [6, 6.07) is 25.2. The quantitative estimate of drug-likeness (QED) is 0.460. The van der Waals surface area contributed by atoms with Gasteiger partial charge < -0.3 is 20.3 Å². The second kappa shape index (κ2) is 12.0. The van der Waals surface area contributed by atoms with Gasteiger partial charge in [-0.05, 0) is 48.9 Å². The third kappa shape index (κ3) is 5.73. The molecule has 0 bridgehead atoms. The van der Waals surface area contributed by atoms with Crippen LogP contribution >= 0.6 is 0 Å². The van der Waals surface area contributed by atoms with E-state index in [0.717, 1.165) is 60.9 Å². The number of ether oxygens (including phenoxy) is 1. The summed E-state index contributed by atoms with van der Waals surface area (Å²) in [5.74, 6) is 0.659. The molecule has 38 heavy (non-hydrogen) atoms. The van der Waals surface area contributed by atoms with Crippen LogP contribution in [0, 0.1) is 0 Å². The number of likely N-dealkylation sites (N-methyl/N-ethyl adjacent to an activating group) is 1. The van der Waals surface area contributed by atoms with Crippen LogP contribution in [0.15, 0.2) is 84.9 Å². The monoisotopic (exact) mass is 510 g/mol. The van der Waals surface area contributed by atoms with E-state index >= 15 is 0 Å². The molecule has 2 aliphatic heterocycles. The Morgan fingerprint density at radius 2 is 1.61 bits per heavy atom. The fraction of sp³-hybridized carbons (Fsp3) is 0.290. The number of nitrogens with zero attached hydrogens (tertiary/aromatic N) is 2. The van der Waals surface area contributed by atoms with Gasteiger partial charge in [0.25, 0.3) is 5.91 Å². The second-order valence-corrected chi connectivity index (χ2v) is 9.48. The van der Waals surface area contributed by atoms with Crippen LogP contribution in [0.3, 0.4) is 0 Å². The summed E-state index contributed by atoms with van der Waals surface area (Å²) in [5.41, 5.74) is 4.28. The zero-order valence-electron chi connectivity index (χ0n) is 21.7. The van der Waals surface area contributed by atoms with E-state index in [1.54, 1.807) is 0 Å². The van der Waals surface area contributed by atoms with Gasteiger partial charge in [-0.2, -0.15) is 0 Å². The van der Waals surface area contributed by atoms with Gasteiger partial charge in [0.05, 0.1) is 12.2 Å². The van der Waals surface area contributed by atoms with Crippen molar-refractivity contribution in [2.75, 3.05) is 49.5 Å². The van der Waals surface area contributed by atoms with Crippen LogP contribution in [-0.2, 0) is 9.53 Å². The first kappa shape index (κ1) is 25.5. The van der Waals surface area contributed by atoms with Gasteiger partial charge in [-0.25, -0.2) is 0 Å². The Morgan fingerprint density at radius 3 is 2.29 bits per heavy atom. The smallest absolute Gasteiger partial charge is 0.256 e. The van der Waals surface area contributed by atoms with Crippen LogP contribution in [0.5, 0.6) is 0 Å². The number of benzene rings is 3. The molecule has 0 aromatic heterocycles. The molecule has 7 nitrogen and oxygen atoms in total. The first-order valence-corrected chi connectivity index (χ1v) is 13.3. The molecule has 0 spiro atoms. The van der Waals surface area contributed by atoms with Crippen LogP contribution in [0.4, 0.5) is 11.4 Å². The summed E-state index contributed by atoms with van der Waals surface area (Å²) in [4.78, 5) is 30.5. The second-order valence-electron chi connectivity index (χ2n) is 9.48. The maximum absolute atomic E-state index is 13.1. The molecule has 2 aliphatic rings. The highest BCUT2D eigenvalue weighted by molar-refractivity contribution is 6.07. The predicted octanol–water partition coefficient (Wildman–Crippen LogP) is 4.70. The molecule has 1 unspecified atom stereocenters. The van der Waals surface area contributed by atoms with E-state index in [2.05, 4.69) is 20.4 Å². The highest BCUT2D eigenvalue weighted by Crippen LogP contribution is 2.27. The van der Waals surface area contributed by atoms with Gasteiger partial charge in [0.2, 0.25) is 5.91 Å². The van der Waals surface area contributed by atoms with Crippen LogP contribution < -0.4 is 15.5 Å². The molecule has 0 saturated carbocycles. The summed E-state index contributed by atoms with van der Waals surface area (Å²) in [7, 11) is 0. The molecule has 3 aromatic rings. The molecule has 7 heteroatoms. The maximum Gasteiger partial charge on any atom is 0.256 e. The van der Waals surface area contributed by atoms with Gasteiger partial charge in [0.1, 0.15) is 11.8 Å². The van der Waals surface area contributed by atoms with Gasteiger partial charge in [0, 0.05) is 56.1 Å². The average molecular weight is 511 g/mol. The molecule has 1 fully saturated rings. The Morgan fingerprint density at radius 1 is 0.895 bits per heavy atom. The summed E-state index contributed by atoms with van der Waals surface area (Å²) >= 11 is 0. The molecule has 1 saturated heterocycles. The zero-order chi connectivity index (χ0) is 26.3. The Kier molecular flexibility index (Phi) is 8.04. The summed E-state index contributed by atoms with van der Waals surface area (Å²) < 4.78 is 5.69. The molecular weight excluding hydrogens is 476 g/mol. The van der Waals surface area contributed by atoms with Crippen molar-refractivity contribution in [2.24, 2.45) is 0 Å². The highest BCUT2D eigenvalue weighted by Gasteiger charge is 2.30. The molecule has 5 rings (SSSR count). The minimum Gasteiger partial charge on any atom is -0.493 e. The average Bonchev–Trinajstić information content (AvgIpc) is 3.50. The lowest BCUT2D eigenvalue weighted by Crippen LogP contribution is -2.51. The van der Waals surface area contributed by atoms with E-state index in [4.69, 9.17) is 4.74 Å². The lowest BCUT2D eigenvalue weighted by molar-refractivity contribution is -0.126. The molecular formula is C31H34N4O3. The number of anilines is 2. The Balaban J connectivity index is 1.22. The van der Waals surface area contributed by atoms with Gasteiger partial charge in [-0.15, -0.1) is 0 Å². The molecule has 0 radical (unpaired) electrons. The minimum absolute atomic E-state index is 0.0459. The topological polar surface area (TPSA) is 73.9 Å². The van der Waals surface area contributed by atoms with Crippen molar-refractivity contribution in [1.82, 2.24) is 10.2 Å². The summed E-state index contributed by atoms with van der Waals surface area (Å²) in [5, 5.41) is 6.02. The number of amides is 2. The Labute approximate surface area is 224 Å². The minimum atomic E-state index is -0.288. The lowest BCUT2D eigenvalue weighted by atomic mass is 10.0. The number of carbonyl (C=O) groups is 2. The number of hydrogen-bond donors (Lipinski definition) is 2. The van der Waals surface area contributed by atoms with Crippen LogP contribution in [0.1, 0.15) is 40.9 Å². The van der Waals surface area contributed by atoms with Crippen LogP contribution in [-0.4, -0.2) is 56.0 Å². The van der Waals surface area contributed by atoms with Crippen LogP contribution in [0.2, 0.25) is 0 Å². The number of rotatable bonds is 8. The molecule has 2 heterocycles. The van der Waals surface area contributed by atoms with Gasteiger partial charge >= 0.3 is 0 Å². The van der Waals surface area contributed by atoms with Gasteiger partial charge in [-0.3, -0.25) is 14.5 Å². The normalized spacial score (nSPS) is 16.3. The summed E-state index contributed by atoms with van der Waals surface area (Å²) in [6.45, 7) is 6.41. The SMILES string of the molecule is CCNC(=O)C(c1ccccc1)N1CCN(c2ccc(NC(=O)c3ccccc3C3=CCCO3)cc2)CC1. The standard InChI is InChI=1S/C31H34N4O3/c1-2-32-31(37)29(23-9-4-3-5-10-23)35-20-18-34(19-21-35)25-16-14-24(15-17-25)33-30(36)27-12-7-6-11-26(27)28-13-8-22-38-28/h3-7,9-17,29H,2,8,18-22H2,1H3,(H,32,37)(H,33,36). The number of carbonyl (C=O) groups excluding carboxylic acids is 2. The van der Waals surface area contributed by atoms with E-state index < -0.39 is 0 Å². The molecule has 3 aromatic carbocycles. The van der Waals surface area contributed by atoms with Crippen molar-refractivity contribution in [3.63, 3.8) is 0 Å². The van der Waals surface area contributed by atoms with E-state index in [1.165, 1.54) is 0 Å². The van der Waals surface area contributed by atoms with Crippen molar-refractivity contribution in [2.45, 2.75) is 19.4 Å². The maximum atomic E-state index is 13.1. The van der Waals surface area contributed by atoms with E-state index in [1.807, 2.05) is 91.9 Å². The Hall–Kier alpha value is -4.10. The Bertz CT molecular complexity index is 1280. The van der Waals surface area contributed by atoms with E-state index in [9.17, 15) is 9.59 Å². The van der Waals surface area contributed by atoms with Crippen molar-refractivity contribution in [1.29, 1.82) is 0 Å². The molecule has 0 aliphatic carbocycles. The first-order valence-electron chi connectivity index (χ1n) is 13.3. The van der Waals surface area contributed by atoms with Crippen molar-refractivity contribution >= 4 is 28.9 Å². The lowest BCUT2D eigenvalue weighted by Gasteiger charge is -2.39. The van der Waals surface area contributed by atoms with Crippen molar-refractivity contribution in [3.8, 4) is 0 Å². The first-order chi connectivity index (χ1) is 18.6. The van der Waals surface area contributed by atoms with Crippen LogP contribution in [0.25, 0.3) is 5.76 Å². The van der Waals surface area contributed by atoms with E-state index in [-0.39, 0.29) is 17.9 Å². The zero-order valence-corrected chi connectivity index (χ0v) is 21.7. The van der Waals surface area contributed by atoms with E-state index in [0.29, 0.717) is 18.7 Å². The third-order valence-electron chi connectivity index (χ3n) is 7.03. The fourth-order valence-electron chi connectivity index (χ4n) is 5.13. The number of piperazine rings is 1. The molecule has 2 N–H and O–H groups in total. The number of hydrogen-bond acceptors (Lipinski definition) is 5. The van der Waals surface area contributed by atoms with Gasteiger partial charge in [-0.1, -0.05) is 48.5 Å². The predicted molar refractivity (Wildman–Crippen MR) is 151 cm³/mol. The third-order valence-corrected chi connectivity index (χ3v) is 7.03. The fourth-order valence-corrected chi connectivity index (χ4v) is 5.13. The number of nitrogens with one attached hydrogen (secondary N) is 2. The highest BCUT2D eigenvalue weighted by atomic mass is 16.5. The molecule has 1 atom stereocenters.